The molecule has 3 heteroatoms. The molecule has 0 aliphatic rings. The molecule has 3 aromatic carbocycles. The number of aromatic hydroxyl groups is 3. The summed E-state index contributed by atoms with van der Waals surface area (Å²) < 4.78 is 0. The van der Waals surface area contributed by atoms with E-state index in [0.29, 0.717) is 22.4 Å². The Morgan fingerprint density at radius 3 is 1.31 bits per heavy atom. The number of phenols is 3. The molecule has 0 fully saturated rings. The van der Waals surface area contributed by atoms with Crippen LogP contribution in [0, 0.1) is 0 Å². The largest absolute Gasteiger partial charge is 0.508 e. The van der Waals surface area contributed by atoms with Gasteiger partial charge in [0.25, 0.3) is 0 Å². The van der Waals surface area contributed by atoms with Crippen LogP contribution in [-0.2, 0) is 0 Å². The monoisotopic (exact) mass is 356 g/mol. The lowest BCUT2D eigenvalue weighted by Crippen LogP contribution is -1.84. The van der Waals surface area contributed by atoms with Crippen LogP contribution in [0.1, 0.15) is 53.0 Å². The molecule has 3 rings (SSSR count). The van der Waals surface area contributed by atoms with Gasteiger partial charge in [-0.15, -0.1) is 0 Å². The van der Waals surface area contributed by atoms with Crippen molar-refractivity contribution in [3.05, 3.63) is 66.2 Å². The molecule has 0 saturated heterocycles. The van der Waals surface area contributed by atoms with Crippen molar-refractivity contribution in [3.8, 4) is 17.2 Å². The number of hydrogen-bond acceptors (Lipinski definition) is 3. The van der Waals surface area contributed by atoms with E-state index in [1.165, 1.54) is 5.56 Å². The minimum Gasteiger partial charge on any atom is -0.508 e. The Hall–Kier alpha value is -2.68. The fraction of sp³-hybridized carbons (Fsp3) is 0.304. The van der Waals surface area contributed by atoms with Crippen molar-refractivity contribution in [2.24, 2.45) is 0 Å². The van der Waals surface area contributed by atoms with E-state index in [1.54, 1.807) is 48.5 Å². The number of benzene rings is 3. The average molecular weight is 357 g/mol. The van der Waals surface area contributed by atoms with Crippen molar-refractivity contribution in [3.63, 3.8) is 0 Å². The number of hydrogen-bond donors (Lipinski definition) is 3. The predicted molar refractivity (Wildman–Crippen MR) is 112 cm³/mol. The summed E-state index contributed by atoms with van der Waals surface area (Å²) in [6.45, 7) is 12.3. The van der Waals surface area contributed by atoms with Gasteiger partial charge in [-0.2, -0.15) is 0 Å². The molecule has 0 radical (unpaired) electrons. The van der Waals surface area contributed by atoms with Crippen LogP contribution in [0.4, 0.5) is 0 Å². The number of fused-ring (bicyclic) bond motifs is 1. The van der Waals surface area contributed by atoms with E-state index in [1.807, 2.05) is 39.8 Å². The van der Waals surface area contributed by atoms with Crippen LogP contribution < -0.4 is 0 Å². The van der Waals surface area contributed by atoms with Crippen LogP contribution in [0.5, 0.6) is 17.2 Å². The molecule has 0 aliphatic carbocycles. The number of rotatable bonds is 1. The first-order valence-corrected chi connectivity index (χ1v) is 9.17. The highest BCUT2D eigenvalue weighted by Gasteiger charge is 2.00. The molecule has 142 valence electrons. The van der Waals surface area contributed by atoms with Gasteiger partial charge in [0.2, 0.25) is 0 Å². The summed E-state index contributed by atoms with van der Waals surface area (Å²) in [6.07, 6.45) is 0. The minimum atomic E-state index is 0.198. The van der Waals surface area contributed by atoms with E-state index in [-0.39, 0.29) is 11.5 Å². The van der Waals surface area contributed by atoms with E-state index in [9.17, 15) is 10.2 Å². The smallest absolute Gasteiger partial charge is 0.123 e. The van der Waals surface area contributed by atoms with Gasteiger partial charge in [0, 0.05) is 10.8 Å². The van der Waals surface area contributed by atoms with Crippen LogP contribution in [0.3, 0.4) is 0 Å². The molecule has 0 heterocycles. The van der Waals surface area contributed by atoms with Gasteiger partial charge in [-0.25, -0.2) is 0 Å². The molecule has 3 aromatic rings. The third-order valence-electron chi connectivity index (χ3n) is 3.44. The SMILES string of the molecule is CC.CC.CC(C)c1ccc(O)cc1.Oc1cccc2c(O)cccc12. The first-order valence-electron chi connectivity index (χ1n) is 9.17. The van der Waals surface area contributed by atoms with Crippen LogP contribution in [0.15, 0.2) is 60.7 Å². The Morgan fingerprint density at radius 1 is 0.577 bits per heavy atom. The normalized spacial score (nSPS) is 9.19. The Bertz CT molecular complexity index is 706. The van der Waals surface area contributed by atoms with Gasteiger partial charge >= 0.3 is 0 Å². The van der Waals surface area contributed by atoms with Crippen molar-refractivity contribution in [2.45, 2.75) is 47.5 Å². The maximum Gasteiger partial charge on any atom is 0.123 e. The molecule has 26 heavy (non-hydrogen) atoms. The van der Waals surface area contributed by atoms with E-state index in [2.05, 4.69) is 13.8 Å². The Balaban J connectivity index is 0.000000409. The molecule has 3 N–H and O–H groups in total. The molecule has 0 spiro atoms. The third-order valence-corrected chi connectivity index (χ3v) is 3.44. The van der Waals surface area contributed by atoms with Gasteiger partial charge in [0.15, 0.2) is 0 Å². The van der Waals surface area contributed by atoms with Crippen LogP contribution >= 0.6 is 0 Å². The second-order valence-electron chi connectivity index (χ2n) is 5.40. The van der Waals surface area contributed by atoms with E-state index < -0.39 is 0 Å². The maximum atomic E-state index is 9.38. The van der Waals surface area contributed by atoms with Crippen molar-refractivity contribution < 1.29 is 15.3 Å². The molecular formula is C23H32O3. The summed E-state index contributed by atoms with van der Waals surface area (Å²) >= 11 is 0. The van der Waals surface area contributed by atoms with Crippen molar-refractivity contribution in [2.75, 3.05) is 0 Å². The van der Waals surface area contributed by atoms with Crippen LogP contribution in [-0.4, -0.2) is 15.3 Å². The van der Waals surface area contributed by atoms with Gasteiger partial charge in [0.1, 0.15) is 17.2 Å². The zero-order valence-corrected chi connectivity index (χ0v) is 16.7. The summed E-state index contributed by atoms with van der Waals surface area (Å²) in [4.78, 5) is 0. The summed E-state index contributed by atoms with van der Waals surface area (Å²) in [6, 6.07) is 17.5. The number of phenolic OH excluding ortho intramolecular Hbond substituents is 3. The van der Waals surface area contributed by atoms with Crippen molar-refractivity contribution >= 4 is 10.8 Å². The predicted octanol–water partition coefficient (Wildman–Crippen LogP) is 6.82. The minimum absolute atomic E-state index is 0.198. The Labute approximate surface area is 157 Å². The van der Waals surface area contributed by atoms with Gasteiger partial charge < -0.3 is 15.3 Å². The third kappa shape index (κ3) is 7.06. The Morgan fingerprint density at radius 2 is 0.962 bits per heavy atom. The first kappa shape index (κ1) is 23.3. The highest BCUT2D eigenvalue weighted by Crippen LogP contribution is 2.29. The van der Waals surface area contributed by atoms with E-state index in [4.69, 9.17) is 5.11 Å². The quantitative estimate of drug-likeness (QED) is 0.448. The molecule has 0 saturated carbocycles. The zero-order chi connectivity index (χ0) is 20.1. The summed E-state index contributed by atoms with van der Waals surface area (Å²) in [5, 5.41) is 29.1. The van der Waals surface area contributed by atoms with E-state index in [0.717, 1.165) is 0 Å². The Kier molecular flexibility index (Phi) is 11.3. The first-order chi connectivity index (χ1) is 12.5. The zero-order valence-electron chi connectivity index (χ0n) is 16.7. The second kappa shape index (κ2) is 12.6. The molecule has 0 atom stereocenters. The van der Waals surface area contributed by atoms with E-state index >= 15 is 0 Å². The maximum absolute atomic E-state index is 9.38. The van der Waals surface area contributed by atoms with Crippen LogP contribution in [0.25, 0.3) is 10.8 Å². The standard InChI is InChI=1S/C10H8O2.C9H12O.2C2H6/c11-9-5-1-3-7-8(9)4-2-6-10(7)12;1-7(2)8-3-5-9(10)6-4-8;2*1-2/h1-6,11-12H;3-7,10H,1-2H3;2*1-2H3. The van der Waals surface area contributed by atoms with Crippen molar-refractivity contribution in [1.29, 1.82) is 0 Å². The van der Waals surface area contributed by atoms with Crippen LogP contribution in [0.2, 0.25) is 0 Å². The second-order valence-corrected chi connectivity index (χ2v) is 5.40. The molecule has 0 aromatic heterocycles. The van der Waals surface area contributed by atoms with Gasteiger partial charge in [-0.05, 0) is 35.7 Å². The van der Waals surface area contributed by atoms with Gasteiger partial charge in [0.05, 0.1) is 0 Å². The summed E-state index contributed by atoms with van der Waals surface area (Å²) in [5.41, 5.74) is 1.26. The lowest BCUT2D eigenvalue weighted by molar-refractivity contribution is 0.475. The van der Waals surface area contributed by atoms with Gasteiger partial charge in [-0.3, -0.25) is 0 Å². The summed E-state index contributed by atoms with van der Waals surface area (Å²) in [5.74, 6) is 1.27. The highest BCUT2D eigenvalue weighted by atomic mass is 16.3. The molecular weight excluding hydrogens is 324 g/mol. The van der Waals surface area contributed by atoms with Gasteiger partial charge in [-0.1, -0.05) is 77.9 Å². The molecule has 3 nitrogen and oxygen atoms in total. The highest BCUT2D eigenvalue weighted by molar-refractivity contribution is 5.92. The molecule has 0 bridgehead atoms. The topological polar surface area (TPSA) is 60.7 Å². The van der Waals surface area contributed by atoms with Crippen molar-refractivity contribution in [1.82, 2.24) is 0 Å². The molecule has 0 unspecified atom stereocenters. The molecule has 0 amide bonds. The lowest BCUT2D eigenvalue weighted by atomic mass is 10.0. The summed E-state index contributed by atoms with van der Waals surface area (Å²) in [7, 11) is 0. The lowest BCUT2D eigenvalue weighted by Gasteiger charge is -2.03. The fourth-order valence-electron chi connectivity index (χ4n) is 2.14. The fourth-order valence-corrected chi connectivity index (χ4v) is 2.14. The average Bonchev–Trinajstić information content (AvgIpc) is 2.67. The molecule has 0 aliphatic heterocycles.